The Labute approximate surface area is 161 Å². The average molecular weight is 366 g/mol. The van der Waals surface area contributed by atoms with E-state index in [9.17, 15) is 0 Å². The second-order valence-corrected chi connectivity index (χ2v) is 7.94. The molecular weight excluding hydrogens is 338 g/mol. The smallest absolute Gasteiger partial charge is 0.170 e. The maximum absolute atomic E-state index is 5.55. The third kappa shape index (κ3) is 4.25. The highest BCUT2D eigenvalue weighted by molar-refractivity contribution is 7.80. The fourth-order valence-corrected chi connectivity index (χ4v) is 4.81. The predicted octanol–water partition coefficient (Wildman–Crippen LogP) is 4.56. The molecular formula is C22H27N3S. The van der Waals surface area contributed by atoms with Crippen LogP contribution in [0.4, 0.5) is 5.69 Å². The summed E-state index contributed by atoms with van der Waals surface area (Å²) in [4.78, 5) is 2.74. The molecule has 2 aliphatic heterocycles. The number of benzene rings is 2. The number of hydrogen-bond donors (Lipinski definition) is 2. The molecule has 0 radical (unpaired) electrons. The first kappa shape index (κ1) is 17.5. The van der Waals surface area contributed by atoms with E-state index in [1.165, 1.54) is 37.7 Å². The van der Waals surface area contributed by atoms with Crippen molar-refractivity contribution in [3.63, 3.8) is 0 Å². The molecule has 2 bridgehead atoms. The lowest BCUT2D eigenvalue weighted by atomic mass is 9.81. The molecule has 4 heteroatoms. The van der Waals surface area contributed by atoms with Crippen LogP contribution in [0.5, 0.6) is 0 Å². The van der Waals surface area contributed by atoms with Gasteiger partial charge in [0, 0.05) is 30.4 Å². The quantitative estimate of drug-likeness (QED) is 0.777. The summed E-state index contributed by atoms with van der Waals surface area (Å²) in [6.45, 7) is 1.08. The van der Waals surface area contributed by atoms with Crippen LogP contribution in [0.1, 0.15) is 37.7 Å². The summed E-state index contributed by atoms with van der Waals surface area (Å²) in [7, 11) is 0. The number of fused-ring (bicyclic) bond motifs is 2. The molecule has 26 heavy (non-hydrogen) atoms. The zero-order chi connectivity index (χ0) is 17.8. The number of para-hydroxylation sites is 1. The van der Waals surface area contributed by atoms with Crippen LogP contribution < -0.4 is 10.6 Å². The van der Waals surface area contributed by atoms with Gasteiger partial charge in [0.15, 0.2) is 5.11 Å². The van der Waals surface area contributed by atoms with Crippen LogP contribution in [0.3, 0.4) is 0 Å². The lowest BCUT2D eigenvalue weighted by Crippen LogP contribution is -2.56. The number of piperidine rings is 2. The molecule has 2 aromatic carbocycles. The van der Waals surface area contributed by atoms with Crippen molar-refractivity contribution >= 4 is 23.0 Å². The van der Waals surface area contributed by atoms with Crippen molar-refractivity contribution in [2.45, 2.75) is 56.8 Å². The summed E-state index contributed by atoms with van der Waals surface area (Å²) in [5.74, 6) is 0. The number of anilines is 1. The van der Waals surface area contributed by atoms with Gasteiger partial charge in [0.2, 0.25) is 0 Å². The minimum Gasteiger partial charge on any atom is -0.360 e. The summed E-state index contributed by atoms with van der Waals surface area (Å²) in [5, 5.41) is 7.63. The van der Waals surface area contributed by atoms with E-state index in [1.807, 2.05) is 30.3 Å². The Balaban J connectivity index is 1.36. The van der Waals surface area contributed by atoms with Crippen molar-refractivity contribution in [1.82, 2.24) is 10.2 Å². The van der Waals surface area contributed by atoms with Crippen molar-refractivity contribution in [2.75, 3.05) is 5.32 Å². The molecule has 2 aliphatic rings. The van der Waals surface area contributed by atoms with Gasteiger partial charge in [0.1, 0.15) is 0 Å². The Morgan fingerprint density at radius 2 is 1.54 bits per heavy atom. The maximum atomic E-state index is 5.55. The first-order chi connectivity index (χ1) is 12.8. The molecule has 1 unspecified atom stereocenters. The molecule has 2 saturated heterocycles. The lowest BCUT2D eigenvalue weighted by molar-refractivity contribution is 0.0212. The molecule has 0 saturated carbocycles. The highest BCUT2D eigenvalue weighted by Crippen LogP contribution is 2.35. The molecule has 3 atom stereocenters. The van der Waals surface area contributed by atoms with Crippen LogP contribution in [-0.2, 0) is 6.54 Å². The normalized spacial score (nSPS) is 25.5. The highest BCUT2D eigenvalue weighted by atomic mass is 32.1. The Bertz CT molecular complexity index is 705. The van der Waals surface area contributed by atoms with E-state index >= 15 is 0 Å². The molecule has 0 aromatic heterocycles. The van der Waals surface area contributed by atoms with Crippen molar-refractivity contribution in [2.24, 2.45) is 0 Å². The number of rotatable bonds is 4. The summed E-state index contributed by atoms with van der Waals surface area (Å²) in [6, 6.07) is 22.9. The summed E-state index contributed by atoms with van der Waals surface area (Å²) in [5.41, 5.74) is 2.48. The van der Waals surface area contributed by atoms with Crippen LogP contribution in [0.25, 0.3) is 0 Å². The van der Waals surface area contributed by atoms with Gasteiger partial charge in [0.25, 0.3) is 0 Å². The van der Waals surface area contributed by atoms with E-state index < -0.39 is 0 Å². The Hall–Kier alpha value is -1.91. The van der Waals surface area contributed by atoms with Gasteiger partial charge in [0.05, 0.1) is 0 Å². The molecule has 3 nitrogen and oxygen atoms in total. The van der Waals surface area contributed by atoms with Crippen molar-refractivity contribution < 1.29 is 0 Å². The van der Waals surface area contributed by atoms with Gasteiger partial charge in [-0.3, -0.25) is 4.90 Å². The molecule has 4 rings (SSSR count). The molecule has 2 aromatic rings. The molecule has 0 aliphatic carbocycles. The summed E-state index contributed by atoms with van der Waals surface area (Å²) < 4.78 is 0. The lowest BCUT2D eigenvalue weighted by Gasteiger charge is -2.49. The molecule has 136 valence electrons. The molecule has 2 heterocycles. The standard InChI is InChI=1S/C22H27N3S/c26-22(23-18-10-5-2-6-11-18)24-19-14-20-12-7-13-21(15-19)25(20)16-17-8-3-1-4-9-17/h1-6,8-11,19-21H,7,12-16H2,(H2,23,24,26)/t19?,20-,21+. The van der Waals surface area contributed by atoms with Crippen LogP contribution >= 0.6 is 12.2 Å². The van der Waals surface area contributed by atoms with Crippen LogP contribution in [0.15, 0.2) is 60.7 Å². The van der Waals surface area contributed by atoms with Crippen molar-refractivity contribution in [3.8, 4) is 0 Å². The van der Waals surface area contributed by atoms with Crippen molar-refractivity contribution in [1.29, 1.82) is 0 Å². The van der Waals surface area contributed by atoms with E-state index in [0.29, 0.717) is 18.1 Å². The zero-order valence-corrected chi connectivity index (χ0v) is 15.9. The number of thiocarbonyl (C=S) groups is 1. The number of nitrogens with zero attached hydrogens (tertiary/aromatic N) is 1. The summed E-state index contributed by atoms with van der Waals surface area (Å²) in [6.07, 6.45) is 6.33. The van der Waals surface area contributed by atoms with Gasteiger partial charge in [-0.25, -0.2) is 0 Å². The first-order valence-corrected chi connectivity index (χ1v) is 10.1. The fraction of sp³-hybridized carbons (Fsp3) is 0.409. The second-order valence-electron chi connectivity index (χ2n) is 7.53. The highest BCUT2D eigenvalue weighted by Gasteiger charge is 2.38. The molecule has 0 amide bonds. The number of nitrogens with one attached hydrogen (secondary N) is 2. The van der Waals surface area contributed by atoms with E-state index in [2.05, 4.69) is 45.9 Å². The van der Waals surface area contributed by atoms with Crippen LogP contribution in [-0.4, -0.2) is 28.1 Å². The largest absolute Gasteiger partial charge is 0.360 e. The minimum absolute atomic E-state index is 0.473. The van der Waals surface area contributed by atoms with E-state index in [-0.39, 0.29) is 0 Å². The van der Waals surface area contributed by atoms with Gasteiger partial charge >= 0.3 is 0 Å². The average Bonchev–Trinajstić information content (AvgIpc) is 2.64. The monoisotopic (exact) mass is 365 g/mol. The van der Waals surface area contributed by atoms with Crippen LogP contribution in [0.2, 0.25) is 0 Å². The molecule has 2 fully saturated rings. The summed E-state index contributed by atoms with van der Waals surface area (Å²) >= 11 is 5.55. The van der Waals surface area contributed by atoms with E-state index in [1.54, 1.807) is 0 Å². The third-order valence-corrected chi connectivity index (χ3v) is 5.92. The maximum Gasteiger partial charge on any atom is 0.170 e. The van der Waals surface area contributed by atoms with Gasteiger partial charge in [-0.1, -0.05) is 55.0 Å². The first-order valence-electron chi connectivity index (χ1n) is 9.70. The Morgan fingerprint density at radius 3 is 2.19 bits per heavy atom. The number of hydrogen-bond acceptors (Lipinski definition) is 2. The Morgan fingerprint density at radius 1 is 0.923 bits per heavy atom. The topological polar surface area (TPSA) is 27.3 Å². The van der Waals surface area contributed by atoms with Gasteiger partial charge < -0.3 is 10.6 Å². The van der Waals surface area contributed by atoms with Crippen molar-refractivity contribution in [3.05, 3.63) is 66.2 Å². The van der Waals surface area contributed by atoms with Gasteiger partial charge in [-0.05, 0) is 55.6 Å². The van der Waals surface area contributed by atoms with E-state index in [4.69, 9.17) is 12.2 Å². The van der Waals surface area contributed by atoms with Gasteiger partial charge in [-0.15, -0.1) is 0 Å². The SMILES string of the molecule is S=C(Nc1ccccc1)NC1C[C@H]2CCC[C@@H](C1)N2Cc1ccccc1. The predicted molar refractivity (Wildman–Crippen MR) is 112 cm³/mol. The molecule has 0 spiro atoms. The Kier molecular flexibility index (Phi) is 5.51. The molecule has 2 N–H and O–H groups in total. The minimum atomic E-state index is 0.473. The van der Waals surface area contributed by atoms with Crippen LogP contribution in [0, 0.1) is 0 Å². The zero-order valence-electron chi connectivity index (χ0n) is 15.1. The van der Waals surface area contributed by atoms with E-state index in [0.717, 1.165) is 17.3 Å². The van der Waals surface area contributed by atoms with Gasteiger partial charge in [-0.2, -0.15) is 0 Å². The second kappa shape index (κ2) is 8.19. The third-order valence-electron chi connectivity index (χ3n) is 5.70. The fourth-order valence-electron chi connectivity index (χ4n) is 4.52.